The van der Waals surface area contributed by atoms with Crippen molar-refractivity contribution in [1.82, 2.24) is 15.3 Å². The normalized spacial score (nSPS) is 10.6. The molecule has 3 rings (SSSR count). The molecule has 3 aromatic rings. The first-order valence-corrected chi connectivity index (χ1v) is 7.26. The molecule has 0 aliphatic carbocycles. The Balaban J connectivity index is 1.62. The van der Waals surface area contributed by atoms with Gasteiger partial charge in [0.2, 0.25) is 5.95 Å². The number of carbonyl (C=O) groups is 1. The maximum absolute atomic E-state index is 11.6. The van der Waals surface area contributed by atoms with E-state index in [9.17, 15) is 4.79 Å². The lowest BCUT2D eigenvalue weighted by Gasteiger charge is -2.05. The number of anilines is 1. The number of fused-ring (bicyclic) bond motifs is 1. The number of benzene rings is 2. The molecule has 0 unspecified atom stereocenters. The standard InChI is InChI=1S/C17H18N4O/c1-18-16(22)13-6-4-5-12(11-13)9-10-19-17-20-14-7-2-3-8-15(14)21-17/h2-8,11H,9-10H2,1H3,(H,18,22)(H2,19,20,21). The number of aromatic nitrogens is 2. The Bertz CT molecular complexity index is 761. The molecule has 112 valence electrons. The molecule has 0 saturated carbocycles. The van der Waals surface area contributed by atoms with E-state index < -0.39 is 0 Å². The maximum atomic E-state index is 11.6. The molecule has 0 saturated heterocycles. The molecule has 22 heavy (non-hydrogen) atoms. The Labute approximate surface area is 128 Å². The minimum absolute atomic E-state index is 0.0629. The van der Waals surface area contributed by atoms with Crippen LogP contribution in [0.3, 0.4) is 0 Å². The van der Waals surface area contributed by atoms with Crippen molar-refractivity contribution in [2.24, 2.45) is 0 Å². The van der Waals surface area contributed by atoms with Crippen LogP contribution < -0.4 is 10.6 Å². The van der Waals surface area contributed by atoms with Crippen molar-refractivity contribution in [1.29, 1.82) is 0 Å². The van der Waals surface area contributed by atoms with Crippen molar-refractivity contribution in [2.45, 2.75) is 6.42 Å². The third-order valence-corrected chi connectivity index (χ3v) is 3.51. The number of para-hydroxylation sites is 2. The van der Waals surface area contributed by atoms with Crippen LogP contribution in [0.2, 0.25) is 0 Å². The van der Waals surface area contributed by atoms with Crippen molar-refractivity contribution in [3.8, 4) is 0 Å². The molecule has 0 spiro atoms. The smallest absolute Gasteiger partial charge is 0.251 e. The molecule has 0 aliphatic rings. The van der Waals surface area contributed by atoms with Crippen LogP contribution in [0.5, 0.6) is 0 Å². The highest BCUT2D eigenvalue weighted by Crippen LogP contribution is 2.13. The summed E-state index contributed by atoms with van der Waals surface area (Å²) in [5.41, 5.74) is 3.77. The van der Waals surface area contributed by atoms with Crippen LogP contribution in [0.1, 0.15) is 15.9 Å². The van der Waals surface area contributed by atoms with Gasteiger partial charge >= 0.3 is 0 Å². The highest BCUT2D eigenvalue weighted by atomic mass is 16.1. The summed E-state index contributed by atoms with van der Waals surface area (Å²) < 4.78 is 0. The summed E-state index contributed by atoms with van der Waals surface area (Å²) in [6.45, 7) is 0.747. The second-order valence-electron chi connectivity index (χ2n) is 5.06. The number of carbonyl (C=O) groups excluding carboxylic acids is 1. The predicted molar refractivity (Wildman–Crippen MR) is 88.1 cm³/mol. The molecule has 5 heteroatoms. The fraction of sp³-hybridized carbons (Fsp3) is 0.176. The van der Waals surface area contributed by atoms with Crippen molar-refractivity contribution in [2.75, 3.05) is 18.9 Å². The molecule has 0 fully saturated rings. The third-order valence-electron chi connectivity index (χ3n) is 3.51. The quantitative estimate of drug-likeness (QED) is 0.677. The zero-order chi connectivity index (χ0) is 15.4. The topological polar surface area (TPSA) is 69.8 Å². The number of hydrogen-bond donors (Lipinski definition) is 3. The predicted octanol–water partition coefficient (Wildman–Crippen LogP) is 2.58. The molecule has 1 heterocycles. The first kappa shape index (κ1) is 14.1. The largest absolute Gasteiger partial charge is 0.355 e. The summed E-state index contributed by atoms with van der Waals surface area (Å²) >= 11 is 0. The maximum Gasteiger partial charge on any atom is 0.251 e. The third kappa shape index (κ3) is 3.09. The second-order valence-corrected chi connectivity index (χ2v) is 5.06. The lowest BCUT2D eigenvalue weighted by molar-refractivity contribution is 0.0963. The van der Waals surface area contributed by atoms with Gasteiger partial charge in [0.1, 0.15) is 0 Å². The van der Waals surface area contributed by atoms with Crippen molar-refractivity contribution in [3.05, 3.63) is 59.7 Å². The number of imidazole rings is 1. The molecule has 1 aromatic heterocycles. The summed E-state index contributed by atoms with van der Waals surface area (Å²) in [7, 11) is 1.64. The Morgan fingerprint density at radius 2 is 2.05 bits per heavy atom. The molecule has 0 aliphatic heterocycles. The fourth-order valence-corrected chi connectivity index (χ4v) is 2.37. The highest BCUT2D eigenvalue weighted by molar-refractivity contribution is 5.94. The first-order valence-electron chi connectivity index (χ1n) is 7.26. The molecule has 2 aromatic carbocycles. The number of nitrogens with zero attached hydrogens (tertiary/aromatic N) is 1. The van der Waals surface area contributed by atoms with Crippen molar-refractivity contribution >= 4 is 22.9 Å². The zero-order valence-corrected chi connectivity index (χ0v) is 12.4. The molecule has 0 radical (unpaired) electrons. The van der Waals surface area contributed by atoms with E-state index in [1.54, 1.807) is 7.05 Å². The molecule has 5 nitrogen and oxygen atoms in total. The van der Waals surface area contributed by atoms with Gasteiger partial charge in [-0.1, -0.05) is 24.3 Å². The number of aromatic amines is 1. The molecule has 3 N–H and O–H groups in total. The fourth-order valence-electron chi connectivity index (χ4n) is 2.37. The van der Waals surface area contributed by atoms with Crippen LogP contribution in [0.4, 0.5) is 5.95 Å². The lowest BCUT2D eigenvalue weighted by Crippen LogP contribution is -2.18. The summed E-state index contributed by atoms with van der Waals surface area (Å²) in [5, 5.41) is 5.91. The SMILES string of the molecule is CNC(=O)c1cccc(CCNc2nc3ccccc3[nH]2)c1. The average Bonchev–Trinajstić information content (AvgIpc) is 2.97. The van der Waals surface area contributed by atoms with E-state index in [2.05, 4.69) is 20.6 Å². The molecule has 0 bridgehead atoms. The van der Waals surface area contributed by atoms with Gasteiger partial charge in [0, 0.05) is 19.2 Å². The van der Waals surface area contributed by atoms with Crippen LogP contribution in [-0.2, 0) is 6.42 Å². The molecular weight excluding hydrogens is 276 g/mol. The molecular formula is C17H18N4O. The Morgan fingerprint density at radius 1 is 1.18 bits per heavy atom. The summed E-state index contributed by atoms with van der Waals surface area (Å²) in [5.74, 6) is 0.704. The van der Waals surface area contributed by atoms with Gasteiger partial charge < -0.3 is 15.6 Å². The van der Waals surface area contributed by atoms with Crippen LogP contribution in [0.15, 0.2) is 48.5 Å². The summed E-state index contributed by atoms with van der Waals surface area (Å²) in [6.07, 6.45) is 0.821. The van der Waals surface area contributed by atoms with E-state index in [4.69, 9.17) is 0 Å². The van der Waals surface area contributed by atoms with Crippen LogP contribution in [0, 0.1) is 0 Å². The second kappa shape index (κ2) is 6.30. The van der Waals surface area contributed by atoms with Crippen molar-refractivity contribution < 1.29 is 4.79 Å². The number of hydrogen-bond acceptors (Lipinski definition) is 3. The number of nitrogens with one attached hydrogen (secondary N) is 3. The van der Waals surface area contributed by atoms with E-state index in [1.165, 1.54) is 0 Å². The molecule has 1 amide bonds. The number of rotatable bonds is 5. The Morgan fingerprint density at radius 3 is 2.86 bits per heavy atom. The number of H-pyrrole nitrogens is 1. The monoisotopic (exact) mass is 294 g/mol. The van der Waals surface area contributed by atoms with Gasteiger partial charge in [-0.05, 0) is 36.2 Å². The minimum atomic E-state index is -0.0629. The minimum Gasteiger partial charge on any atom is -0.355 e. The summed E-state index contributed by atoms with van der Waals surface area (Å²) in [6, 6.07) is 15.6. The van der Waals surface area contributed by atoms with E-state index >= 15 is 0 Å². The van der Waals surface area contributed by atoms with Gasteiger partial charge in [-0.25, -0.2) is 4.98 Å². The van der Waals surface area contributed by atoms with E-state index in [1.807, 2.05) is 48.5 Å². The van der Waals surface area contributed by atoms with E-state index in [0.29, 0.717) is 5.56 Å². The highest BCUT2D eigenvalue weighted by Gasteiger charge is 2.04. The van der Waals surface area contributed by atoms with Gasteiger partial charge in [0.15, 0.2) is 0 Å². The summed E-state index contributed by atoms with van der Waals surface area (Å²) in [4.78, 5) is 19.3. The van der Waals surface area contributed by atoms with Crippen LogP contribution in [0.25, 0.3) is 11.0 Å². The molecule has 0 atom stereocenters. The van der Waals surface area contributed by atoms with Crippen molar-refractivity contribution in [3.63, 3.8) is 0 Å². The Hall–Kier alpha value is -2.82. The van der Waals surface area contributed by atoms with Gasteiger partial charge in [0.25, 0.3) is 5.91 Å². The van der Waals surface area contributed by atoms with Crippen LogP contribution in [-0.4, -0.2) is 29.5 Å². The van der Waals surface area contributed by atoms with E-state index in [-0.39, 0.29) is 5.91 Å². The van der Waals surface area contributed by atoms with Gasteiger partial charge in [-0.15, -0.1) is 0 Å². The average molecular weight is 294 g/mol. The first-order chi connectivity index (χ1) is 10.8. The van der Waals surface area contributed by atoms with Gasteiger partial charge in [-0.3, -0.25) is 4.79 Å². The zero-order valence-electron chi connectivity index (χ0n) is 12.4. The number of amides is 1. The van der Waals surface area contributed by atoms with E-state index in [0.717, 1.165) is 35.5 Å². The Kier molecular flexibility index (Phi) is 4.05. The van der Waals surface area contributed by atoms with Gasteiger partial charge in [0.05, 0.1) is 11.0 Å². The lowest BCUT2D eigenvalue weighted by atomic mass is 10.1. The van der Waals surface area contributed by atoms with Crippen LogP contribution >= 0.6 is 0 Å². The van der Waals surface area contributed by atoms with Gasteiger partial charge in [-0.2, -0.15) is 0 Å².